The maximum atomic E-state index is 12.2. The van der Waals surface area contributed by atoms with E-state index in [2.05, 4.69) is 15.3 Å². The van der Waals surface area contributed by atoms with Crippen molar-refractivity contribution in [3.05, 3.63) is 95.3 Å². The first-order valence-corrected chi connectivity index (χ1v) is 9.27. The van der Waals surface area contributed by atoms with Crippen molar-refractivity contribution in [2.45, 2.75) is 13.2 Å². The third-order valence-electron chi connectivity index (χ3n) is 4.02. The number of rotatable bonds is 6. The molecule has 2 aromatic carbocycles. The fraction of sp³-hybridized carbons (Fsp3) is 0.0909. The van der Waals surface area contributed by atoms with E-state index in [4.69, 9.17) is 15.2 Å². The van der Waals surface area contributed by atoms with Crippen LogP contribution in [0.25, 0.3) is 0 Å². The van der Waals surface area contributed by atoms with Crippen LogP contribution in [0.2, 0.25) is 0 Å². The Morgan fingerprint density at radius 2 is 1.35 bits per heavy atom. The highest BCUT2D eigenvalue weighted by Crippen LogP contribution is 2.07. The second kappa shape index (κ2) is 10.4. The molecule has 3 aromatic rings. The second-order valence-electron chi connectivity index (χ2n) is 6.34. The number of H-pyrrole nitrogens is 1. The number of esters is 1. The van der Waals surface area contributed by atoms with Gasteiger partial charge in [0, 0.05) is 0 Å². The number of carbonyl (C=O) groups is 3. The number of nitrogens with two attached hydrogens (primary N) is 1. The maximum Gasteiger partial charge on any atom is 0.437 e. The van der Waals surface area contributed by atoms with Gasteiger partial charge in [-0.2, -0.15) is 0 Å². The molecule has 0 bridgehead atoms. The molecular weight excluding hydrogens is 400 g/mol. The Morgan fingerprint density at radius 3 is 1.97 bits per heavy atom. The lowest BCUT2D eigenvalue weighted by Gasteiger charge is -2.05. The highest BCUT2D eigenvalue weighted by molar-refractivity contribution is 6.06. The summed E-state index contributed by atoms with van der Waals surface area (Å²) in [7, 11) is 0. The van der Waals surface area contributed by atoms with Crippen LogP contribution in [-0.2, 0) is 22.7 Å². The minimum absolute atomic E-state index is 0.0233. The summed E-state index contributed by atoms with van der Waals surface area (Å²) < 4.78 is 10.2. The average molecular weight is 420 g/mol. The summed E-state index contributed by atoms with van der Waals surface area (Å²) in [4.78, 5) is 42.2. The number of hydrogen-bond donors (Lipinski definition) is 3. The summed E-state index contributed by atoms with van der Waals surface area (Å²) in [6.45, 7) is 0.125. The number of amides is 2. The summed E-state index contributed by atoms with van der Waals surface area (Å²) in [5.41, 5.74) is 7.33. The molecule has 4 N–H and O–H groups in total. The Kier molecular flexibility index (Phi) is 7.15. The lowest BCUT2D eigenvalue weighted by Crippen LogP contribution is -2.37. The van der Waals surface area contributed by atoms with Crippen molar-refractivity contribution in [3.8, 4) is 0 Å². The van der Waals surface area contributed by atoms with Crippen LogP contribution in [0.15, 0.2) is 77.8 Å². The first-order valence-electron chi connectivity index (χ1n) is 9.27. The van der Waals surface area contributed by atoms with Crippen LogP contribution in [0.5, 0.6) is 0 Å². The summed E-state index contributed by atoms with van der Waals surface area (Å²) >= 11 is 0. The zero-order chi connectivity index (χ0) is 22.1. The molecule has 9 heteroatoms. The van der Waals surface area contributed by atoms with Crippen molar-refractivity contribution in [1.82, 2.24) is 10.3 Å². The van der Waals surface area contributed by atoms with Crippen molar-refractivity contribution in [2.75, 3.05) is 0 Å². The molecule has 0 atom stereocenters. The van der Waals surface area contributed by atoms with Gasteiger partial charge in [-0.3, -0.25) is 10.1 Å². The minimum Gasteiger partial charge on any atom is -0.456 e. The predicted molar refractivity (Wildman–Crippen MR) is 112 cm³/mol. The van der Waals surface area contributed by atoms with Gasteiger partial charge in [-0.05, 0) is 23.3 Å². The van der Waals surface area contributed by atoms with Gasteiger partial charge >= 0.3 is 12.1 Å². The van der Waals surface area contributed by atoms with E-state index in [0.29, 0.717) is 0 Å². The van der Waals surface area contributed by atoms with Gasteiger partial charge in [-0.15, -0.1) is 4.99 Å². The molecule has 1 heterocycles. The van der Waals surface area contributed by atoms with Gasteiger partial charge in [0.2, 0.25) is 5.96 Å². The fourth-order valence-electron chi connectivity index (χ4n) is 2.51. The van der Waals surface area contributed by atoms with Crippen LogP contribution in [0.1, 0.15) is 32.1 Å². The molecule has 3 rings (SSSR count). The van der Waals surface area contributed by atoms with E-state index in [9.17, 15) is 14.4 Å². The molecule has 9 nitrogen and oxygen atoms in total. The van der Waals surface area contributed by atoms with Crippen molar-refractivity contribution in [2.24, 2.45) is 10.7 Å². The predicted octanol–water partition coefficient (Wildman–Crippen LogP) is 2.75. The van der Waals surface area contributed by atoms with Gasteiger partial charge in [0.05, 0.1) is 0 Å². The number of carbonyl (C=O) groups excluding carboxylic acids is 3. The standard InChI is InChI=1S/C22H20N4O5/c23-21(26-22(29)31-14-16-9-5-2-6-10-16)25-19(27)17-11-12-18(24-17)20(28)30-13-15-7-3-1-4-8-15/h1-12,24H,13-14H2,(H3,23,25,26,27,29). The molecule has 31 heavy (non-hydrogen) atoms. The van der Waals surface area contributed by atoms with E-state index in [-0.39, 0.29) is 24.6 Å². The number of hydrogen-bond acceptors (Lipinski definition) is 5. The fourth-order valence-corrected chi connectivity index (χ4v) is 2.51. The number of benzene rings is 2. The van der Waals surface area contributed by atoms with Crippen molar-refractivity contribution >= 4 is 23.9 Å². The zero-order valence-corrected chi connectivity index (χ0v) is 16.4. The van der Waals surface area contributed by atoms with Crippen LogP contribution in [0.3, 0.4) is 0 Å². The maximum absolute atomic E-state index is 12.2. The molecule has 0 fully saturated rings. The molecule has 0 aliphatic rings. The first kappa shape index (κ1) is 21.3. The molecule has 0 saturated carbocycles. The number of aliphatic imine (C=N–C) groups is 1. The first-order chi connectivity index (χ1) is 15.0. The Bertz CT molecular complexity index is 1080. The van der Waals surface area contributed by atoms with Gasteiger partial charge in [0.15, 0.2) is 0 Å². The molecule has 158 valence electrons. The Labute approximate surface area is 177 Å². The van der Waals surface area contributed by atoms with Gasteiger partial charge < -0.3 is 20.2 Å². The monoisotopic (exact) mass is 420 g/mol. The molecule has 1 aromatic heterocycles. The normalized spacial score (nSPS) is 10.9. The highest BCUT2D eigenvalue weighted by Gasteiger charge is 2.15. The van der Waals surface area contributed by atoms with E-state index >= 15 is 0 Å². The van der Waals surface area contributed by atoms with Gasteiger partial charge in [0.25, 0.3) is 5.91 Å². The van der Waals surface area contributed by atoms with Crippen molar-refractivity contribution in [3.63, 3.8) is 0 Å². The number of guanidine groups is 1. The number of nitrogens with zero attached hydrogens (tertiary/aromatic N) is 1. The minimum atomic E-state index is -0.946. The van der Waals surface area contributed by atoms with Crippen molar-refractivity contribution < 1.29 is 23.9 Å². The highest BCUT2D eigenvalue weighted by atomic mass is 16.5. The Balaban J connectivity index is 1.49. The Morgan fingerprint density at radius 1 is 0.806 bits per heavy atom. The summed E-state index contributed by atoms with van der Waals surface area (Å²) in [5, 5.41) is 2.24. The molecule has 0 spiro atoms. The third-order valence-corrected chi connectivity index (χ3v) is 4.02. The van der Waals surface area contributed by atoms with E-state index in [1.807, 2.05) is 48.5 Å². The smallest absolute Gasteiger partial charge is 0.437 e. The van der Waals surface area contributed by atoms with Crippen LogP contribution < -0.4 is 11.1 Å². The molecule has 0 saturated heterocycles. The van der Waals surface area contributed by atoms with Crippen molar-refractivity contribution in [1.29, 1.82) is 0 Å². The molecular formula is C22H20N4O5. The zero-order valence-electron chi connectivity index (χ0n) is 16.4. The second-order valence-corrected chi connectivity index (χ2v) is 6.34. The van der Waals surface area contributed by atoms with E-state index in [1.54, 1.807) is 12.1 Å². The molecule has 0 aliphatic heterocycles. The van der Waals surface area contributed by atoms with Crippen LogP contribution in [-0.4, -0.2) is 28.9 Å². The van der Waals surface area contributed by atoms with Crippen LogP contribution in [0, 0.1) is 0 Å². The van der Waals surface area contributed by atoms with Crippen LogP contribution >= 0.6 is 0 Å². The Hall–Kier alpha value is -4.40. The largest absolute Gasteiger partial charge is 0.456 e. The van der Waals surface area contributed by atoms with E-state index in [1.165, 1.54) is 12.1 Å². The number of aromatic nitrogens is 1. The SMILES string of the molecule is NC(=NC(=O)OCc1ccccc1)NC(=O)c1ccc(C(=O)OCc2ccccc2)[nH]1. The summed E-state index contributed by atoms with van der Waals surface area (Å²) in [6.07, 6.45) is -0.946. The molecule has 0 radical (unpaired) electrons. The molecule has 2 amide bonds. The van der Waals surface area contributed by atoms with Gasteiger partial charge in [-0.1, -0.05) is 60.7 Å². The summed E-state index contributed by atoms with van der Waals surface area (Å²) in [6, 6.07) is 21.0. The molecule has 0 unspecified atom stereocenters. The molecule has 0 aliphatic carbocycles. The van der Waals surface area contributed by atoms with Crippen LogP contribution in [0.4, 0.5) is 4.79 Å². The number of nitrogens with one attached hydrogen (secondary N) is 2. The summed E-state index contributed by atoms with van der Waals surface area (Å²) in [5.74, 6) is -1.74. The average Bonchev–Trinajstić information content (AvgIpc) is 3.28. The topological polar surface area (TPSA) is 136 Å². The van der Waals surface area contributed by atoms with Gasteiger partial charge in [0.1, 0.15) is 24.6 Å². The lowest BCUT2D eigenvalue weighted by atomic mass is 10.2. The number of ether oxygens (including phenoxy) is 2. The third kappa shape index (κ3) is 6.57. The number of aromatic amines is 1. The quantitative estimate of drug-likeness (QED) is 0.319. The van der Waals surface area contributed by atoms with E-state index in [0.717, 1.165) is 11.1 Å². The van der Waals surface area contributed by atoms with E-state index < -0.39 is 23.9 Å². The lowest BCUT2D eigenvalue weighted by molar-refractivity contribution is 0.0466. The van der Waals surface area contributed by atoms with Gasteiger partial charge in [-0.25, -0.2) is 9.59 Å².